The molecule has 3 aromatic heterocycles. The number of hydrogen-bond acceptors (Lipinski definition) is 6. The fourth-order valence-electron chi connectivity index (χ4n) is 4.62. The van der Waals surface area contributed by atoms with E-state index in [9.17, 15) is 4.79 Å². The molecule has 1 saturated carbocycles. The van der Waals surface area contributed by atoms with Gasteiger partial charge in [0.15, 0.2) is 11.3 Å². The monoisotopic (exact) mass is 440 g/mol. The standard InChI is InChI=1S/C21H21ClN6O3/c1-30-21(7-8-21)16-10-24-25-28(16)19-18-20(29)26(11-13-4-3-9-31-13)17-14(22)5-2-6-15(17)27(18)12-23-19/h2,5-6,10,12-13H,3-4,7-9,11H2,1H3. The molecule has 9 nitrogen and oxygen atoms in total. The molecule has 0 amide bonds. The third-order valence-corrected chi connectivity index (χ3v) is 6.72. The Morgan fingerprint density at radius 2 is 2.19 bits per heavy atom. The molecule has 1 aromatic carbocycles. The summed E-state index contributed by atoms with van der Waals surface area (Å²) in [6, 6.07) is 5.60. The van der Waals surface area contributed by atoms with Crippen LogP contribution in [0.5, 0.6) is 0 Å². The van der Waals surface area contributed by atoms with Crippen molar-refractivity contribution in [3.63, 3.8) is 0 Å². The van der Waals surface area contributed by atoms with Crippen molar-refractivity contribution in [3.8, 4) is 5.82 Å². The van der Waals surface area contributed by atoms with Crippen LogP contribution >= 0.6 is 11.6 Å². The lowest BCUT2D eigenvalue weighted by molar-refractivity contribution is 0.0729. The number of para-hydroxylation sites is 1. The van der Waals surface area contributed by atoms with Crippen LogP contribution in [0.25, 0.3) is 22.4 Å². The minimum absolute atomic E-state index is 0.0175. The molecule has 2 aliphatic rings. The number of aromatic nitrogens is 6. The van der Waals surface area contributed by atoms with Crippen molar-refractivity contribution in [1.29, 1.82) is 0 Å². The van der Waals surface area contributed by atoms with Crippen molar-refractivity contribution in [3.05, 3.63) is 51.8 Å². The van der Waals surface area contributed by atoms with Gasteiger partial charge in [0.05, 0.1) is 40.6 Å². The Kier molecular flexibility index (Phi) is 4.21. The first kappa shape index (κ1) is 19.0. The van der Waals surface area contributed by atoms with E-state index in [0.717, 1.165) is 36.9 Å². The highest BCUT2D eigenvalue weighted by atomic mass is 35.5. The summed E-state index contributed by atoms with van der Waals surface area (Å²) in [4.78, 5) is 18.4. The van der Waals surface area contributed by atoms with Crippen LogP contribution < -0.4 is 5.56 Å². The zero-order chi connectivity index (χ0) is 21.2. The zero-order valence-corrected chi connectivity index (χ0v) is 17.7. The lowest BCUT2D eigenvalue weighted by Crippen LogP contribution is -2.29. The number of methoxy groups -OCH3 is 1. The van der Waals surface area contributed by atoms with Crippen molar-refractivity contribution in [2.45, 2.75) is 43.9 Å². The minimum Gasteiger partial charge on any atom is -0.376 e. The molecule has 10 heteroatoms. The summed E-state index contributed by atoms with van der Waals surface area (Å²) < 4.78 is 16.7. The molecule has 4 aromatic rings. The topological polar surface area (TPSA) is 88.5 Å². The Balaban J connectivity index is 1.63. The third kappa shape index (κ3) is 2.77. The molecular formula is C21H21ClN6O3. The van der Waals surface area contributed by atoms with E-state index in [1.807, 2.05) is 12.1 Å². The molecule has 2 fully saturated rings. The average Bonchev–Trinajstić information content (AvgIpc) is 3.18. The summed E-state index contributed by atoms with van der Waals surface area (Å²) in [7, 11) is 1.68. The Morgan fingerprint density at radius 3 is 2.94 bits per heavy atom. The first-order valence-electron chi connectivity index (χ1n) is 10.4. The molecular weight excluding hydrogens is 420 g/mol. The molecule has 1 unspecified atom stereocenters. The predicted molar refractivity (Wildman–Crippen MR) is 114 cm³/mol. The number of hydrogen-bond donors (Lipinski definition) is 0. The highest BCUT2D eigenvalue weighted by molar-refractivity contribution is 6.35. The fraction of sp³-hybridized carbons (Fsp3) is 0.429. The van der Waals surface area contributed by atoms with E-state index in [-0.39, 0.29) is 11.7 Å². The highest BCUT2D eigenvalue weighted by Gasteiger charge is 2.48. The Labute approximate surface area is 182 Å². The van der Waals surface area contributed by atoms with Gasteiger partial charge in [-0.3, -0.25) is 9.20 Å². The molecule has 160 valence electrons. The van der Waals surface area contributed by atoms with Gasteiger partial charge in [-0.15, -0.1) is 5.10 Å². The molecule has 1 atom stereocenters. The van der Waals surface area contributed by atoms with Crippen LogP contribution in [0, 0.1) is 0 Å². The van der Waals surface area contributed by atoms with E-state index >= 15 is 0 Å². The second-order valence-corrected chi connectivity index (χ2v) is 8.58. The first-order chi connectivity index (χ1) is 15.1. The third-order valence-electron chi connectivity index (χ3n) is 6.41. The van der Waals surface area contributed by atoms with Gasteiger partial charge >= 0.3 is 0 Å². The van der Waals surface area contributed by atoms with Gasteiger partial charge in [0.1, 0.15) is 11.9 Å². The Bertz CT molecular complexity index is 1360. The molecule has 0 bridgehead atoms. The Morgan fingerprint density at radius 1 is 1.32 bits per heavy atom. The van der Waals surface area contributed by atoms with Crippen molar-refractivity contribution in [2.75, 3.05) is 13.7 Å². The van der Waals surface area contributed by atoms with Crippen LogP contribution in [0.1, 0.15) is 31.4 Å². The van der Waals surface area contributed by atoms with Gasteiger partial charge in [0, 0.05) is 13.7 Å². The lowest BCUT2D eigenvalue weighted by atomic mass is 10.2. The van der Waals surface area contributed by atoms with Crippen LogP contribution in [-0.2, 0) is 21.6 Å². The average molecular weight is 441 g/mol. The number of fused-ring (bicyclic) bond motifs is 3. The lowest BCUT2D eigenvalue weighted by Gasteiger charge is -2.17. The molecule has 6 rings (SSSR count). The number of ether oxygens (including phenoxy) is 2. The quantitative estimate of drug-likeness (QED) is 0.474. The van der Waals surface area contributed by atoms with Gasteiger partial charge in [0.2, 0.25) is 0 Å². The maximum absolute atomic E-state index is 13.8. The van der Waals surface area contributed by atoms with Gasteiger partial charge in [-0.25, -0.2) is 4.98 Å². The van der Waals surface area contributed by atoms with Crippen LogP contribution in [0.3, 0.4) is 0 Å². The van der Waals surface area contributed by atoms with Crippen LogP contribution in [0.15, 0.2) is 35.5 Å². The molecule has 1 aliphatic carbocycles. The molecule has 1 aliphatic heterocycles. The maximum Gasteiger partial charge on any atom is 0.279 e. The molecule has 31 heavy (non-hydrogen) atoms. The highest BCUT2D eigenvalue weighted by Crippen LogP contribution is 2.48. The number of imidazole rings is 1. The zero-order valence-electron chi connectivity index (χ0n) is 17.0. The van der Waals surface area contributed by atoms with Crippen molar-refractivity contribution >= 4 is 28.2 Å². The molecule has 4 heterocycles. The molecule has 0 N–H and O–H groups in total. The smallest absolute Gasteiger partial charge is 0.279 e. The van der Waals surface area contributed by atoms with Gasteiger partial charge in [-0.05, 0) is 37.8 Å². The molecule has 1 saturated heterocycles. The van der Waals surface area contributed by atoms with Crippen LogP contribution in [-0.4, -0.2) is 48.8 Å². The first-order valence-corrected chi connectivity index (χ1v) is 10.8. The van der Waals surface area contributed by atoms with E-state index in [1.165, 1.54) is 0 Å². The van der Waals surface area contributed by atoms with Gasteiger partial charge in [-0.1, -0.05) is 22.9 Å². The summed E-state index contributed by atoms with van der Waals surface area (Å²) in [5, 5.41) is 8.85. The SMILES string of the molecule is COC1(c2cnnn2-c2ncn3c2c(=O)n(CC2CCCO2)c2c(Cl)cccc23)CC1. The van der Waals surface area contributed by atoms with E-state index in [0.29, 0.717) is 35.0 Å². The maximum atomic E-state index is 13.8. The predicted octanol–water partition coefficient (Wildman–Crippen LogP) is 2.70. The fourth-order valence-corrected chi connectivity index (χ4v) is 4.89. The molecule has 0 spiro atoms. The number of benzene rings is 1. The van der Waals surface area contributed by atoms with Gasteiger partial charge in [-0.2, -0.15) is 4.68 Å². The van der Waals surface area contributed by atoms with Gasteiger partial charge in [0.25, 0.3) is 5.56 Å². The van der Waals surface area contributed by atoms with E-state index in [2.05, 4.69) is 15.3 Å². The van der Waals surface area contributed by atoms with Gasteiger partial charge < -0.3 is 14.0 Å². The molecule has 0 radical (unpaired) electrons. The summed E-state index contributed by atoms with van der Waals surface area (Å²) in [6.45, 7) is 1.15. The second-order valence-electron chi connectivity index (χ2n) is 8.17. The Hall–Kier alpha value is -2.75. The van der Waals surface area contributed by atoms with Crippen molar-refractivity contribution < 1.29 is 9.47 Å². The van der Waals surface area contributed by atoms with E-state index < -0.39 is 5.60 Å². The number of rotatable bonds is 5. The van der Waals surface area contributed by atoms with Crippen LogP contribution in [0.4, 0.5) is 0 Å². The second kappa shape index (κ2) is 6.88. The summed E-state index contributed by atoms with van der Waals surface area (Å²) in [6.07, 6.45) is 6.97. The van der Waals surface area contributed by atoms with E-state index in [4.69, 9.17) is 21.1 Å². The van der Waals surface area contributed by atoms with E-state index in [1.54, 1.807) is 39.3 Å². The summed E-state index contributed by atoms with van der Waals surface area (Å²) >= 11 is 6.56. The largest absolute Gasteiger partial charge is 0.376 e. The van der Waals surface area contributed by atoms with Crippen molar-refractivity contribution in [2.24, 2.45) is 0 Å². The van der Waals surface area contributed by atoms with Crippen LogP contribution in [0.2, 0.25) is 5.02 Å². The normalized spacial score (nSPS) is 20.1. The number of nitrogens with zero attached hydrogens (tertiary/aromatic N) is 6. The number of halogens is 1. The summed E-state index contributed by atoms with van der Waals surface area (Å²) in [5.74, 6) is 0.434. The summed E-state index contributed by atoms with van der Waals surface area (Å²) in [5.41, 5.74) is 2.09. The van der Waals surface area contributed by atoms with Crippen molar-refractivity contribution in [1.82, 2.24) is 28.9 Å². The minimum atomic E-state index is -0.420.